The second kappa shape index (κ2) is 5.60. The highest BCUT2D eigenvalue weighted by atomic mass is 19.3. The molecule has 0 amide bonds. The first kappa shape index (κ1) is 16.9. The van der Waals surface area contributed by atoms with E-state index in [4.69, 9.17) is 15.2 Å². The number of nitrogens with zero attached hydrogens (tertiary/aromatic N) is 2. The van der Waals surface area contributed by atoms with Crippen LogP contribution in [0.15, 0.2) is 29.7 Å². The van der Waals surface area contributed by atoms with Crippen molar-refractivity contribution < 1.29 is 23.4 Å². The van der Waals surface area contributed by atoms with Crippen LogP contribution in [0.3, 0.4) is 0 Å². The van der Waals surface area contributed by atoms with Crippen LogP contribution in [0.2, 0.25) is 0 Å². The average Bonchev–Trinajstić information content (AvgIpc) is 2.60. The molecule has 0 spiro atoms. The van der Waals surface area contributed by atoms with Crippen molar-refractivity contribution in [1.82, 2.24) is 4.90 Å². The molecule has 1 unspecified atom stereocenters. The summed E-state index contributed by atoms with van der Waals surface area (Å²) in [4.78, 5) is 4.94. The van der Waals surface area contributed by atoms with E-state index >= 15 is 0 Å². The predicted octanol–water partition coefficient (Wildman–Crippen LogP) is 1.18. The molecule has 6 nitrogen and oxygen atoms in total. The number of halogens is 2. The number of nitrogens with two attached hydrogens (primary N) is 1. The summed E-state index contributed by atoms with van der Waals surface area (Å²) in [5, 5.41) is 9.34. The number of hydrogen-bond acceptors (Lipinski definition) is 6. The molecule has 22 heavy (non-hydrogen) atoms. The molecule has 3 N–H and O–H groups in total. The van der Waals surface area contributed by atoms with E-state index in [1.807, 2.05) is 0 Å². The molecule has 2 aliphatic rings. The number of aliphatic hydroxyl groups excluding tert-OH is 1. The fraction of sp³-hybridized carbons (Fsp3) is 0.643. The summed E-state index contributed by atoms with van der Waals surface area (Å²) in [6, 6.07) is 0. The van der Waals surface area contributed by atoms with Crippen LogP contribution in [0, 0.1) is 0 Å². The van der Waals surface area contributed by atoms with Crippen molar-refractivity contribution in [1.29, 1.82) is 0 Å². The van der Waals surface area contributed by atoms with Crippen molar-refractivity contribution in [2.24, 2.45) is 10.7 Å². The van der Waals surface area contributed by atoms with Gasteiger partial charge in [-0.1, -0.05) is 6.58 Å². The fourth-order valence-corrected chi connectivity index (χ4v) is 2.34. The Morgan fingerprint density at radius 2 is 2.18 bits per heavy atom. The van der Waals surface area contributed by atoms with Crippen molar-refractivity contribution in [2.75, 3.05) is 6.61 Å². The molecule has 0 aliphatic carbocycles. The number of rotatable bonds is 3. The van der Waals surface area contributed by atoms with Crippen LogP contribution >= 0.6 is 0 Å². The zero-order chi connectivity index (χ0) is 16.7. The first-order valence-electron chi connectivity index (χ1n) is 6.88. The van der Waals surface area contributed by atoms with Gasteiger partial charge in [0.25, 0.3) is 0 Å². The molecule has 2 rings (SSSR count). The Kier molecular flexibility index (Phi) is 4.29. The van der Waals surface area contributed by atoms with Gasteiger partial charge in [-0.3, -0.25) is 0 Å². The molecule has 0 aromatic carbocycles. The SMILES string of the molecule is C=C1N=C(N)C=CN1[C@@H]1O[C@H](CO)C(OC(C)(C)C)C1(F)F. The summed E-state index contributed by atoms with van der Waals surface area (Å²) in [5.41, 5.74) is 4.69. The second-order valence-corrected chi connectivity index (χ2v) is 6.21. The molecule has 2 aliphatic heterocycles. The minimum absolute atomic E-state index is 0.0396. The van der Waals surface area contributed by atoms with E-state index < -0.39 is 36.6 Å². The molecule has 1 fully saturated rings. The van der Waals surface area contributed by atoms with E-state index in [1.54, 1.807) is 20.8 Å². The minimum atomic E-state index is -3.37. The van der Waals surface area contributed by atoms with Crippen molar-refractivity contribution in [3.8, 4) is 0 Å². The predicted molar refractivity (Wildman–Crippen MR) is 77.1 cm³/mol. The van der Waals surface area contributed by atoms with Gasteiger partial charge in [-0.15, -0.1) is 0 Å². The van der Waals surface area contributed by atoms with Crippen molar-refractivity contribution in [2.45, 2.75) is 50.7 Å². The monoisotopic (exact) mass is 317 g/mol. The van der Waals surface area contributed by atoms with Gasteiger partial charge in [-0.05, 0) is 26.8 Å². The van der Waals surface area contributed by atoms with Gasteiger partial charge in [-0.25, -0.2) is 4.99 Å². The molecule has 1 saturated heterocycles. The molecule has 0 bridgehead atoms. The third-order valence-electron chi connectivity index (χ3n) is 3.23. The number of aliphatic imine (C=N–C) groups is 1. The first-order valence-corrected chi connectivity index (χ1v) is 6.88. The van der Waals surface area contributed by atoms with E-state index in [1.165, 1.54) is 12.3 Å². The largest absolute Gasteiger partial charge is 0.394 e. The van der Waals surface area contributed by atoms with Gasteiger partial charge in [0.15, 0.2) is 6.10 Å². The van der Waals surface area contributed by atoms with Gasteiger partial charge in [0, 0.05) is 6.20 Å². The van der Waals surface area contributed by atoms with Crippen LogP contribution < -0.4 is 5.73 Å². The van der Waals surface area contributed by atoms with Crippen molar-refractivity contribution in [3.05, 3.63) is 24.7 Å². The second-order valence-electron chi connectivity index (χ2n) is 6.21. The van der Waals surface area contributed by atoms with Crippen molar-refractivity contribution >= 4 is 5.84 Å². The molecule has 0 aromatic heterocycles. The number of alkyl halides is 2. The Morgan fingerprint density at radius 3 is 2.68 bits per heavy atom. The van der Waals surface area contributed by atoms with Gasteiger partial charge in [0.05, 0.1) is 12.2 Å². The number of amidine groups is 1. The number of aliphatic hydroxyl groups is 1. The molecule has 8 heteroatoms. The lowest BCUT2D eigenvalue weighted by atomic mass is 10.1. The zero-order valence-electron chi connectivity index (χ0n) is 12.8. The maximum atomic E-state index is 14.7. The Morgan fingerprint density at radius 1 is 1.55 bits per heavy atom. The first-order chi connectivity index (χ1) is 10.1. The number of hydrogen-bond donors (Lipinski definition) is 2. The van der Waals surface area contributed by atoms with Gasteiger partial charge < -0.3 is 25.2 Å². The van der Waals surface area contributed by atoms with E-state index in [9.17, 15) is 13.9 Å². The lowest BCUT2D eigenvalue weighted by molar-refractivity contribution is -0.186. The standard InChI is InChI=1S/C14H21F2N3O3/c1-8-18-10(17)5-6-19(8)12-14(15,16)11(9(7-20)21-12)22-13(2,3)4/h5-6,9,11-12,20H,1,7H2,2-4H3,(H2,17,18)/t9-,11?,12-/m1/s1. The van der Waals surface area contributed by atoms with Crippen LogP contribution in [0.25, 0.3) is 0 Å². The molecule has 3 atom stereocenters. The Hall–Kier alpha value is -1.51. The maximum Gasteiger partial charge on any atom is 0.320 e. The topological polar surface area (TPSA) is 80.3 Å². The van der Waals surface area contributed by atoms with E-state index in [0.717, 1.165) is 4.90 Å². The molecule has 124 valence electrons. The third kappa shape index (κ3) is 3.13. The minimum Gasteiger partial charge on any atom is -0.394 e. The quantitative estimate of drug-likeness (QED) is 0.817. The van der Waals surface area contributed by atoms with E-state index in [2.05, 4.69) is 11.6 Å². The molecule has 0 saturated carbocycles. The molecule has 2 heterocycles. The highest BCUT2D eigenvalue weighted by molar-refractivity contribution is 5.92. The zero-order valence-corrected chi connectivity index (χ0v) is 12.8. The smallest absolute Gasteiger partial charge is 0.320 e. The van der Waals surface area contributed by atoms with Crippen molar-refractivity contribution in [3.63, 3.8) is 0 Å². The van der Waals surface area contributed by atoms with Crippen LogP contribution in [0.5, 0.6) is 0 Å². The summed E-state index contributed by atoms with van der Waals surface area (Å²) in [5.74, 6) is -3.16. The number of ether oxygens (including phenoxy) is 2. The van der Waals surface area contributed by atoms with Gasteiger partial charge >= 0.3 is 5.92 Å². The molecule has 0 radical (unpaired) electrons. The summed E-state index contributed by atoms with van der Waals surface area (Å²) in [6.45, 7) is 8.00. The van der Waals surface area contributed by atoms with Gasteiger partial charge in [0.1, 0.15) is 17.8 Å². The summed E-state index contributed by atoms with van der Waals surface area (Å²) in [7, 11) is 0. The summed E-state index contributed by atoms with van der Waals surface area (Å²) < 4.78 is 40.2. The Bertz CT molecular complexity index is 514. The van der Waals surface area contributed by atoms with Gasteiger partial charge in [0.2, 0.25) is 6.23 Å². The maximum absolute atomic E-state index is 14.7. The molecular formula is C14H21F2N3O3. The van der Waals surface area contributed by atoms with E-state index in [0.29, 0.717) is 0 Å². The van der Waals surface area contributed by atoms with Crippen LogP contribution in [0.1, 0.15) is 20.8 Å². The van der Waals surface area contributed by atoms with Crippen LogP contribution in [-0.4, -0.2) is 52.4 Å². The van der Waals surface area contributed by atoms with Crippen LogP contribution in [0.4, 0.5) is 8.78 Å². The lowest BCUT2D eigenvalue weighted by Gasteiger charge is -2.34. The third-order valence-corrected chi connectivity index (χ3v) is 3.23. The average molecular weight is 317 g/mol. The Balaban J connectivity index is 2.27. The summed E-state index contributed by atoms with van der Waals surface area (Å²) >= 11 is 0. The fourth-order valence-electron chi connectivity index (χ4n) is 2.34. The Labute approximate surface area is 127 Å². The molecule has 0 aromatic rings. The van der Waals surface area contributed by atoms with Crippen LogP contribution in [-0.2, 0) is 9.47 Å². The highest BCUT2D eigenvalue weighted by Crippen LogP contribution is 2.42. The van der Waals surface area contributed by atoms with Gasteiger partial charge in [-0.2, -0.15) is 8.78 Å². The normalized spacial score (nSPS) is 31.5. The molecular weight excluding hydrogens is 296 g/mol. The highest BCUT2D eigenvalue weighted by Gasteiger charge is 2.62. The summed E-state index contributed by atoms with van der Waals surface area (Å²) in [6.07, 6.45) is -1.69. The lowest BCUT2D eigenvalue weighted by Crippen LogP contribution is -2.50. The van der Waals surface area contributed by atoms with E-state index in [-0.39, 0.29) is 11.7 Å².